The van der Waals surface area contributed by atoms with Crippen LogP contribution in [0.5, 0.6) is 0 Å². The van der Waals surface area contributed by atoms with E-state index in [1.165, 1.54) is 6.08 Å². The third kappa shape index (κ3) is 6.89. The van der Waals surface area contributed by atoms with Crippen LogP contribution >= 0.6 is 20.0 Å². The highest BCUT2D eigenvalue weighted by molar-refractivity contribution is 7.46. The van der Waals surface area contributed by atoms with E-state index < -0.39 is 8.38 Å². The first-order valence-corrected chi connectivity index (χ1v) is 9.01. The van der Waals surface area contributed by atoms with Crippen molar-refractivity contribution in [3.63, 3.8) is 0 Å². The lowest BCUT2D eigenvalue weighted by molar-refractivity contribution is -0.137. The van der Waals surface area contributed by atoms with Crippen molar-refractivity contribution in [2.24, 2.45) is 0 Å². The number of halogens is 1. The van der Waals surface area contributed by atoms with Gasteiger partial charge in [-0.2, -0.15) is 0 Å². The van der Waals surface area contributed by atoms with Gasteiger partial charge in [0.05, 0.1) is 19.8 Å². The summed E-state index contributed by atoms with van der Waals surface area (Å²) in [6.45, 7) is 7.25. The number of benzene rings is 1. The molecule has 0 spiro atoms. The first-order valence-electron chi connectivity index (χ1n) is 7.27. The van der Waals surface area contributed by atoms with Gasteiger partial charge in [-0.05, 0) is 44.0 Å². The van der Waals surface area contributed by atoms with Crippen LogP contribution in [-0.2, 0) is 24.7 Å². The Labute approximate surface area is 138 Å². The van der Waals surface area contributed by atoms with Crippen molar-refractivity contribution in [2.45, 2.75) is 26.9 Å². The summed E-state index contributed by atoms with van der Waals surface area (Å²) in [5, 5.41) is 0.637. The Hall–Kier alpha value is -0.930. The van der Waals surface area contributed by atoms with Gasteiger partial charge in [0, 0.05) is 17.3 Å². The van der Waals surface area contributed by atoms with Crippen molar-refractivity contribution in [1.29, 1.82) is 0 Å². The molecule has 1 rings (SSSR count). The number of hydrogen-bond acceptors (Lipinski definition) is 4. The maximum absolute atomic E-state index is 11.3. The van der Waals surface area contributed by atoms with Gasteiger partial charge in [-0.1, -0.05) is 23.7 Å². The minimum Gasteiger partial charge on any atom is -0.463 e. The number of carbonyl (C=O) groups excluding carboxylic acids is 1. The molecule has 0 fully saturated rings. The summed E-state index contributed by atoms with van der Waals surface area (Å²) in [5.74, 6) is -0.362. The number of rotatable bonds is 9. The molecule has 4 nitrogen and oxygen atoms in total. The van der Waals surface area contributed by atoms with Gasteiger partial charge in [0.15, 0.2) is 8.38 Å². The van der Waals surface area contributed by atoms with Crippen molar-refractivity contribution < 1.29 is 18.6 Å². The zero-order valence-corrected chi connectivity index (χ0v) is 14.8. The number of ether oxygens (including phenoxy) is 1. The second kappa shape index (κ2) is 10.7. The molecule has 1 aromatic rings. The Bertz CT molecular complexity index is 499. The highest BCUT2D eigenvalue weighted by atomic mass is 35.5. The highest BCUT2D eigenvalue weighted by Crippen LogP contribution is 2.43. The molecule has 0 N–H and O–H groups in total. The van der Waals surface area contributed by atoms with Gasteiger partial charge in [0.2, 0.25) is 0 Å². The van der Waals surface area contributed by atoms with E-state index in [1.807, 2.05) is 32.0 Å². The number of esters is 1. The Balaban J connectivity index is 2.74. The average Bonchev–Trinajstić information content (AvgIpc) is 2.48. The van der Waals surface area contributed by atoms with E-state index in [1.54, 1.807) is 13.0 Å². The predicted octanol–water partition coefficient (Wildman–Crippen LogP) is 4.80. The van der Waals surface area contributed by atoms with Gasteiger partial charge in [-0.15, -0.1) is 0 Å². The van der Waals surface area contributed by atoms with E-state index in [9.17, 15) is 4.79 Å². The summed E-state index contributed by atoms with van der Waals surface area (Å²) >= 11 is 6.30. The molecule has 0 unspecified atom stereocenters. The molecule has 122 valence electrons. The highest BCUT2D eigenvalue weighted by Gasteiger charge is 2.12. The first-order chi connectivity index (χ1) is 10.6. The molecule has 0 saturated heterocycles. The topological polar surface area (TPSA) is 44.8 Å². The maximum Gasteiger partial charge on any atom is 0.330 e. The molecule has 22 heavy (non-hydrogen) atoms. The second-order valence-corrected chi connectivity index (χ2v) is 6.17. The summed E-state index contributed by atoms with van der Waals surface area (Å²) in [5.41, 5.74) is 1.82. The van der Waals surface area contributed by atoms with Gasteiger partial charge in [-0.3, -0.25) is 0 Å². The summed E-state index contributed by atoms with van der Waals surface area (Å²) in [6.07, 6.45) is 3.72. The third-order valence-corrected chi connectivity index (χ3v) is 4.66. The molecule has 0 heterocycles. The Morgan fingerprint density at radius 3 is 2.41 bits per heavy atom. The van der Waals surface area contributed by atoms with Crippen molar-refractivity contribution >= 4 is 32.0 Å². The van der Waals surface area contributed by atoms with Crippen LogP contribution in [0.3, 0.4) is 0 Å². The fourth-order valence-corrected chi connectivity index (χ4v) is 3.44. The molecule has 0 aromatic heterocycles. The van der Waals surface area contributed by atoms with Crippen LogP contribution in [0.1, 0.15) is 31.9 Å². The maximum atomic E-state index is 11.3. The van der Waals surface area contributed by atoms with E-state index in [0.717, 1.165) is 11.1 Å². The normalized spacial score (nSPS) is 11.3. The van der Waals surface area contributed by atoms with Gasteiger partial charge in [-0.25, -0.2) is 4.79 Å². The zero-order valence-electron chi connectivity index (χ0n) is 13.2. The van der Waals surface area contributed by atoms with Crippen LogP contribution in [0.4, 0.5) is 0 Å². The van der Waals surface area contributed by atoms with Gasteiger partial charge >= 0.3 is 5.97 Å². The molecule has 0 aliphatic rings. The Morgan fingerprint density at radius 2 is 1.86 bits per heavy atom. The van der Waals surface area contributed by atoms with E-state index in [-0.39, 0.29) is 5.97 Å². The zero-order chi connectivity index (χ0) is 16.4. The van der Waals surface area contributed by atoms with E-state index >= 15 is 0 Å². The van der Waals surface area contributed by atoms with Crippen LogP contribution in [0.25, 0.3) is 6.08 Å². The fourth-order valence-electron chi connectivity index (χ4n) is 1.71. The molecule has 0 bridgehead atoms. The summed E-state index contributed by atoms with van der Waals surface area (Å²) < 4.78 is 16.0. The van der Waals surface area contributed by atoms with E-state index in [2.05, 4.69) is 0 Å². The molecule has 6 heteroatoms. The van der Waals surface area contributed by atoms with Crippen LogP contribution in [0.15, 0.2) is 24.3 Å². The van der Waals surface area contributed by atoms with Crippen LogP contribution in [0, 0.1) is 0 Å². The lowest BCUT2D eigenvalue weighted by Gasteiger charge is -2.16. The SMILES string of the molecule is CCOC(=O)/C=C/c1ccc(CP(OCC)OCC)c(Cl)c1. The molecule has 0 amide bonds. The first kappa shape index (κ1) is 19.1. The Kier molecular flexibility index (Phi) is 9.33. The van der Waals surface area contributed by atoms with E-state index in [4.69, 9.17) is 25.4 Å². The van der Waals surface area contributed by atoms with E-state index in [0.29, 0.717) is 31.0 Å². The lowest BCUT2D eigenvalue weighted by Crippen LogP contribution is -1.98. The van der Waals surface area contributed by atoms with Gasteiger partial charge < -0.3 is 13.8 Å². The predicted molar refractivity (Wildman–Crippen MR) is 91.0 cm³/mol. The standard InChI is InChI=1S/C16H22ClO4P/c1-4-19-16(18)10-8-13-7-9-14(15(17)11-13)12-22(20-5-2)21-6-3/h7-11H,4-6,12H2,1-3H3/b10-8+. The molecular weight excluding hydrogens is 323 g/mol. The van der Waals surface area contributed by atoms with Crippen molar-refractivity contribution in [3.8, 4) is 0 Å². The molecule has 0 saturated carbocycles. The minimum atomic E-state index is -0.963. The van der Waals surface area contributed by atoms with Gasteiger partial charge in [0.25, 0.3) is 0 Å². The van der Waals surface area contributed by atoms with Crippen molar-refractivity contribution in [3.05, 3.63) is 40.4 Å². The quantitative estimate of drug-likeness (QED) is 0.366. The van der Waals surface area contributed by atoms with Crippen LogP contribution in [-0.4, -0.2) is 25.8 Å². The second-order valence-electron chi connectivity index (χ2n) is 4.26. The van der Waals surface area contributed by atoms with Crippen molar-refractivity contribution in [1.82, 2.24) is 0 Å². The molecule has 0 atom stereocenters. The molecule has 1 aromatic carbocycles. The summed E-state index contributed by atoms with van der Waals surface area (Å²) in [4.78, 5) is 11.3. The largest absolute Gasteiger partial charge is 0.463 e. The average molecular weight is 345 g/mol. The summed E-state index contributed by atoms with van der Waals surface area (Å²) in [7, 11) is -0.963. The molecular formula is C16H22ClO4P. The molecule has 0 aliphatic carbocycles. The smallest absolute Gasteiger partial charge is 0.330 e. The fraction of sp³-hybridized carbons (Fsp3) is 0.438. The van der Waals surface area contributed by atoms with Crippen LogP contribution in [0.2, 0.25) is 5.02 Å². The molecule has 0 radical (unpaired) electrons. The monoisotopic (exact) mass is 344 g/mol. The number of carbonyl (C=O) groups is 1. The molecule has 0 aliphatic heterocycles. The Morgan fingerprint density at radius 1 is 1.18 bits per heavy atom. The third-order valence-electron chi connectivity index (χ3n) is 2.62. The summed E-state index contributed by atoms with van der Waals surface area (Å²) in [6, 6.07) is 5.65. The van der Waals surface area contributed by atoms with Crippen molar-refractivity contribution in [2.75, 3.05) is 19.8 Å². The van der Waals surface area contributed by atoms with Gasteiger partial charge in [0.1, 0.15) is 0 Å². The minimum absolute atomic E-state index is 0.362. The lowest BCUT2D eigenvalue weighted by atomic mass is 10.1. The number of hydrogen-bond donors (Lipinski definition) is 0. The van der Waals surface area contributed by atoms with Crippen LogP contribution < -0.4 is 0 Å².